The summed E-state index contributed by atoms with van der Waals surface area (Å²) >= 11 is -8.30. The van der Waals surface area contributed by atoms with Gasteiger partial charge in [0.2, 0.25) is 0 Å². The summed E-state index contributed by atoms with van der Waals surface area (Å²) < 4.78 is 25.6. The van der Waals surface area contributed by atoms with Crippen molar-refractivity contribution in [1.29, 1.82) is 0 Å². The fraction of sp³-hybridized carbons (Fsp3) is 0.923. The molecule has 0 fully saturated rings. The Bertz CT molecular complexity index is 726. The topological polar surface area (TPSA) is 74.8 Å². The number of nitrogens with one attached hydrogen (secondary N) is 3. The van der Waals surface area contributed by atoms with Gasteiger partial charge >= 0.3 is 317 Å². The summed E-state index contributed by atoms with van der Waals surface area (Å²) in [4.78, 5) is 16.2. The Kier molecular flexibility index (Phi) is 27.6. The van der Waals surface area contributed by atoms with Crippen molar-refractivity contribution >= 4 is 73.8 Å². The van der Waals surface area contributed by atoms with Crippen molar-refractivity contribution in [2.24, 2.45) is 0 Å². The van der Waals surface area contributed by atoms with Crippen molar-refractivity contribution in [3.8, 4) is 0 Å². The van der Waals surface area contributed by atoms with Crippen LogP contribution in [0, 0.1) is 0 Å². The molecule has 0 aliphatic heterocycles. The zero-order valence-corrected chi connectivity index (χ0v) is 42.5. The second-order valence-electron chi connectivity index (χ2n) is 15.5. The van der Waals surface area contributed by atoms with Gasteiger partial charge in [0.1, 0.15) is 0 Å². The second kappa shape index (κ2) is 28.3. The molecule has 9 heteroatoms. The van der Waals surface area contributed by atoms with Crippen LogP contribution in [0.1, 0.15) is 178 Å². The van der Waals surface area contributed by atoms with Crippen molar-refractivity contribution in [3.63, 3.8) is 0 Å². The van der Waals surface area contributed by atoms with Gasteiger partial charge in [-0.2, -0.15) is 0 Å². The fourth-order valence-corrected chi connectivity index (χ4v) is 48.7. The van der Waals surface area contributed by atoms with Crippen molar-refractivity contribution in [1.82, 2.24) is 15.0 Å². The summed E-state index contributed by atoms with van der Waals surface area (Å²) in [7, 11) is 0. The standard InChI is InChI=1S/9C4H9.C3H3N6.3Sn/c9*1-3-4-2;4-1-7-2(5)9-3(6)8-1;;;/h9*1,3-4H2,2H3;(H3-3,4,5,6,7,8,9);;;/q;;;;;;;;;-3;3*+1. The second-order valence-corrected chi connectivity index (χ2v) is 52.4. The van der Waals surface area contributed by atoms with E-state index in [9.17, 15) is 0 Å². The van der Waals surface area contributed by atoms with E-state index in [-0.39, 0.29) is 0 Å². The van der Waals surface area contributed by atoms with E-state index in [1.807, 2.05) is 0 Å². The minimum absolute atomic E-state index is 0.928. The average molecular weight is 993 g/mol. The van der Waals surface area contributed by atoms with Crippen LogP contribution in [0.15, 0.2) is 0 Å². The average Bonchev–Trinajstić information content (AvgIpc) is 3.09. The third-order valence-corrected chi connectivity index (χ3v) is 51.0. The number of aromatic nitrogens is 3. The van der Waals surface area contributed by atoms with Crippen LogP contribution >= 0.6 is 0 Å². The molecule has 0 saturated carbocycles. The van der Waals surface area contributed by atoms with E-state index in [0.29, 0.717) is 0 Å². The van der Waals surface area contributed by atoms with Crippen molar-refractivity contribution < 1.29 is 0 Å². The van der Waals surface area contributed by atoms with Crippen LogP contribution in [-0.2, 0) is 0 Å². The van der Waals surface area contributed by atoms with Gasteiger partial charge in [0.05, 0.1) is 0 Å². The minimum atomic E-state index is -2.77. The summed E-state index contributed by atoms with van der Waals surface area (Å²) in [5, 5.41) is 0. The maximum absolute atomic E-state index is 5.41. The number of nitrogens with zero attached hydrogens (tertiary/aromatic N) is 3. The Labute approximate surface area is 314 Å². The predicted octanol–water partition coefficient (Wildman–Crippen LogP) is 14.1. The van der Waals surface area contributed by atoms with Gasteiger partial charge in [0.15, 0.2) is 0 Å². The van der Waals surface area contributed by atoms with Gasteiger partial charge in [-0.25, -0.2) is 0 Å². The molecular formula is C39H84N6Sn3. The summed E-state index contributed by atoms with van der Waals surface area (Å²) in [5.41, 5.74) is 0. The Balaban J connectivity index is 3.87. The molecule has 1 rings (SSSR count). The molecule has 0 saturated heterocycles. The molecule has 0 aromatic carbocycles. The normalized spacial score (nSPS) is 12.4. The van der Waals surface area contributed by atoms with E-state index in [2.05, 4.69) is 72.9 Å². The molecule has 1 heterocycles. The molecule has 0 aliphatic carbocycles. The molecule has 0 aliphatic rings. The van der Waals surface area contributed by atoms with Gasteiger partial charge in [-0.3, -0.25) is 0 Å². The Morgan fingerprint density at radius 2 is 0.438 bits per heavy atom. The molecule has 0 unspecified atom stereocenters. The van der Waals surface area contributed by atoms with Crippen molar-refractivity contribution in [2.45, 2.75) is 218 Å². The molecule has 48 heavy (non-hydrogen) atoms. The number of hydrogen-bond acceptors (Lipinski definition) is 6. The van der Waals surface area contributed by atoms with E-state index in [0.717, 1.165) is 17.8 Å². The summed E-state index contributed by atoms with van der Waals surface area (Å²) in [6, 6.07) is 0. The number of hydrogen-bond donors (Lipinski definition) is 3. The van der Waals surface area contributed by atoms with Gasteiger partial charge < -0.3 is 0 Å². The molecule has 282 valence electrons. The van der Waals surface area contributed by atoms with Gasteiger partial charge in [-0.05, 0) is 0 Å². The van der Waals surface area contributed by atoms with Gasteiger partial charge in [-0.1, -0.05) is 0 Å². The molecule has 1 aromatic heterocycles. The van der Waals surface area contributed by atoms with Crippen LogP contribution in [-0.4, -0.2) is 70.9 Å². The van der Waals surface area contributed by atoms with Crippen LogP contribution < -0.4 is 10.6 Å². The molecule has 0 bridgehead atoms. The first-order valence-corrected chi connectivity index (χ1v) is 43.8. The van der Waals surface area contributed by atoms with Crippen molar-refractivity contribution in [3.05, 3.63) is 0 Å². The molecule has 3 N–H and O–H groups in total. The molecule has 0 amide bonds. The van der Waals surface area contributed by atoms with Crippen LogP contribution in [0.3, 0.4) is 0 Å². The Hall–Kier alpha value is 0.806. The molecule has 1 aromatic rings. The van der Waals surface area contributed by atoms with Crippen molar-refractivity contribution in [2.75, 3.05) is 10.6 Å². The summed E-state index contributed by atoms with van der Waals surface area (Å²) in [5.74, 6) is 2.78. The quantitative estimate of drug-likeness (QED) is 0.0610. The first kappa shape index (κ1) is 46.8. The van der Waals surface area contributed by atoms with E-state index in [1.54, 1.807) is 0 Å². The third-order valence-electron chi connectivity index (χ3n) is 10.8. The van der Waals surface area contributed by atoms with Crippen LogP contribution in [0.5, 0.6) is 0 Å². The molecule has 6 nitrogen and oxygen atoms in total. The zero-order chi connectivity index (χ0) is 35.6. The van der Waals surface area contributed by atoms with E-state index in [4.69, 9.17) is 15.0 Å². The summed E-state index contributed by atoms with van der Waals surface area (Å²) in [6.45, 7) is 21.3. The van der Waals surface area contributed by atoms with Gasteiger partial charge in [0.25, 0.3) is 0 Å². The van der Waals surface area contributed by atoms with Crippen LogP contribution in [0.4, 0.5) is 17.8 Å². The Morgan fingerprint density at radius 1 is 0.292 bits per heavy atom. The fourth-order valence-electron chi connectivity index (χ4n) is 7.58. The molecule has 0 atom stereocenters. The van der Waals surface area contributed by atoms with Crippen LogP contribution in [0.25, 0.3) is 0 Å². The number of unbranched alkanes of at least 4 members (excludes halogenated alkanes) is 9. The first-order valence-electron chi connectivity index (χ1n) is 21.4. The number of anilines is 3. The third kappa shape index (κ3) is 18.5. The zero-order valence-electron chi connectivity index (χ0n) is 33.9. The molecular weight excluding hydrogens is 909 g/mol. The number of rotatable bonds is 33. The molecule has 0 spiro atoms. The summed E-state index contributed by atoms with van der Waals surface area (Å²) in [6.07, 6.45) is 23.6. The first-order chi connectivity index (χ1) is 23.3. The van der Waals surface area contributed by atoms with E-state index < -0.39 is 56.0 Å². The van der Waals surface area contributed by atoms with Gasteiger partial charge in [-0.15, -0.1) is 0 Å². The predicted molar refractivity (Wildman–Crippen MR) is 225 cm³/mol. The maximum atomic E-state index is 5.41. The monoisotopic (exact) mass is 996 g/mol. The Morgan fingerprint density at radius 3 is 0.562 bits per heavy atom. The SMILES string of the molecule is CCC[CH2][Sn]([CH2]CCC)([CH2]CCC)[NH]c1nc([NH][Sn]([CH2]CCC)([CH2]CCC)[CH2]CCC)nc([NH][Sn]([CH2]CCC)([CH2]CCC)[CH2]CCC)n1. The van der Waals surface area contributed by atoms with E-state index >= 15 is 0 Å². The van der Waals surface area contributed by atoms with Gasteiger partial charge in [0, 0.05) is 0 Å². The van der Waals surface area contributed by atoms with Crippen LogP contribution in [0.2, 0.25) is 39.9 Å². The van der Waals surface area contributed by atoms with E-state index in [1.165, 1.54) is 156 Å². The molecule has 0 radical (unpaired) electrons.